The number of rotatable bonds is 5. The van der Waals surface area contributed by atoms with E-state index < -0.39 is 0 Å². The fourth-order valence-electron chi connectivity index (χ4n) is 3.14. The first kappa shape index (κ1) is 17.1. The Morgan fingerprint density at radius 2 is 1.60 bits per heavy atom. The lowest BCUT2D eigenvalue weighted by atomic mass is 10.1. The zero-order chi connectivity index (χ0) is 18.1. The van der Waals surface area contributed by atoms with Gasteiger partial charge in [0.2, 0.25) is 0 Å². The molecule has 0 fully saturated rings. The molecule has 0 aliphatic heterocycles. The Labute approximate surface area is 145 Å². The van der Waals surface area contributed by atoms with Crippen LogP contribution in [0.4, 0.5) is 0 Å². The predicted molar refractivity (Wildman–Crippen MR) is 99.2 cm³/mol. The van der Waals surface area contributed by atoms with Gasteiger partial charge in [0, 0.05) is 18.7 Å². The monoisotopic (exact) mass is 341 g/mol. The molecule has 3 rings (SSSR count). The van der Waals surface area contributed by atoms with Gasteiger partial charge in [-0.05, 0) is 19.8 Å². The Balaban J connectivity index is 2.38. The summed E-state index contributed by atoms with van der Waals surface area (Å²) in [6.45, 7) is 6.66. The minimum Gasteiger partial charge on any atom is -0.504 e. The van der Waals surface area contributed by atoms with Crippen molar-refractivity contribution >= 4 is 11.0 Å². The fraction of sp³-hybridized carbons (Fsp3) is 0.368. The zero-order valence-corrected chi connectivity index (χ0v) is 14.8. The summed E-state index contributed by atoms with van der Waals surface area (Å²) in [7, 11) is 0. The van der Waals surface area contributed by atoms with Crippen molar-refractivity contribution in [1.29, 1.82) is 0 Å². The molecule has 0 radical (unpaired) electrons. The van der Waals surface area contributed by atoms with Crippen molar-refractivity contribution in [2.75, 3.05) is 0 Å². The van der Waals surface area contributed by atoms with Crippen LogP contribution in [0.2, 0.25) is 0 Å². The number of fused-ring (bicyclic) bond motifs is 1. The lowest BCUT2D eigenvalue weighted by molar-refractivity contribution is 0.475. The van der Waals surface area contributed by atoms with Gasteiger partial charge in [0.1, 0.15) is 11.0 Å². The molecule has 0 unspecified atom stereocenters. The Kier molecular flexibility index (Phi) is 4.53. The standard InChI is InChI=1S/C19H23N3O3/c1-4-10-21-16-15(18(24)22(11-5-2)19(21)25)20-14(17(16)23)13-8-6-12(3)7-9-13/h6-9,20,23H,4-5,10-11H2,1-3H3. The number of aromatic nitrogens is 3. The molecule has 25 heavy (non-hydrogen) atoms. The number of H-pyrrole nitrogens is 1. The molecule has 3 aromatic rings. The van der Waals surface area contributed by atoms with Crippen molar-refractivity contribution < 1.29 is 5.11 Å². The summed E-state index contributed by atoms with van der Waals surface area (Å²) in [6, 6.07) is 7.64. The maximum absolute atomic E-state index is 12.8. The van der Waals surface area contributed by atoms with E-state index in [4.69, 9.17) is 0 Å². The third-order valence-corrected chi connectivity index (χ3v) is 4.37. The number of benzene rings is 1. The molecule has 2 aromatic heterocycles. The van der Waals surface area contributed by atoms with Gasteiger partial charge in [-0.3, -0.25) is 13.9 Å². The third kappa shape index (κ3) is 2.77. The van der Waals surface area contributed by atoms with E-state index in [2.05, 4.69) is 4.98 Å². The Hall–Kier alpha value is -2.76. The molecule has 2 N–H and O–H groups in total. The van der Waals surface area contributed by atoms with E-state index in [9.17, 15) is 14.7 Å². The van der Waals surface area contributed by atoms with Gasteiger partial charge in [0.05, 0.1) is 5.69 Å². The van der Waals surface area contributed by atoms with Gasteiger partial charge in [-0.25, -0.2) is 4.79 Å². The topological polar surface area (TPSA) is 80.0 Å². The maximum atomic E-state index is 12.8. The first-order valence-electron chi connectivity index (χ1n) is 8.64. The summed E-state index contributed by atoms with van der Waals surface area (Å²) >= 11 is 0. The number of nitrogens with zero attached hydrogens (tertiary/aromatic N) is 2. The molecule has 0 spiro atoms. The number of aryl methyl sites for hydroxylation is 2. The van der Waals surface area contributed by atoms with E-state index in [1.54, 1.807) is 0 Å². The van der Waals surface area contributed by atoms with Gasteiger partial charge >= 0.3 is 5.69 Å². The Morgan fingerprint density at radius 1 is 1.00 bits per heavy atom. The van der Waals surface area contributed by atoms with Crippen molar-refractivity contribution in [2.24, 2.45) is 0 Å². The number of aromatic amines is 1. The van der Waals surface area contributed by atoms with Crippen LogP contribution in [0, 0.1) is 6.92 Å². The van der Waals surface area contributed by atoms with Gasteiger partial charge < -0.3 is 10.1 Å². The molecule has 0 bridgehead atoms. The van der Waals surface area contributed by atoms with Crippen LogP contribution in [0.5, 0.6) is 5.75 Å². The smallest absolute Gasteiger partial charge is 0.331 e. The zero-order valence-electron chi connectivity index (χ0n) is 14.8. The molecule has 0 saturated carbocycles. The molecule has 6 heteroatoms. The third-order valence-electron chi connectivity index (χ3n) is 4.37. The molecule has 2 heterocycles. The summed E-state index contributed by atoms with van der Waals surface area (Å²) < 4.78 is 2.74. The summed E-state index contributed by atoms with van der Waals surface area (Å²) in [4.78, 5) is 28.5. The summed E-state index contributed by atoms with van der Waals surface area (Å²) in [5, 5.41) is 10.8. The second-order valence-corrected chi connectivity index (χ2v) is 6.33. The fourth-order valence-corrected chi connectivity index (χ4v) is 3.14. The minimum atomic E-state index is -0.386. The SMILES string of the molecule is CCCn1c(=O)c2[nH]c(-c3ccc(C)cc3)c(O)c2n(CCC)c1=O. The van der Waals surface area contributed by atoms with Gasteiger partial charge in [0.25, 0.3) is 5.56 Å². The second-order valence-electron chi connectivity index (χ2n) is 6.33. The molecular formula is C19H23N3O3. The van der Waals surface area contributed by atoms with Gasteiger partial charge in [-0.2, -0.15) is 0 Å². The molecule has 0 amide bonds. The van der Waals surface area contributed by atoms with Gasteiger partial charge in [0.15, 0.2) is 5.75 Å². The van der Waals surface area contributed by atoms with Crippen molar-refractivity contribution in [3.05, 3.63) is 50.7 Å². The number of hydrogen-bond acceptors (Lipinski definition) is 3. The van der Waals surface area contributed by atoms with Gasteiger partial charge in [-0.15, -0.1) is 0 Å². The molecule has 0 aliphatic rings. The average Bonchev–Trinajstić information content (AvgIpc) is 2.94. The van der Waals surface area contributed by atoms with E-state index in [1.165, 1.54) is 9.13 Å². The van der Waals surface area contributed by atoms with Crippen molar-refractivity contribution in [1.82, 2.24) is 14.1 Å². The van der Waals surface area contributed by atoms with Crippen LogP contribution >= 0.6 is 0 Å². The van der Waals surface area contributed by atoms with Crippen LogP contribution in [0.15, 0.2) is 33.9 Å². The quantitative estimate of drug-likeness (QED) is 0.749. The van der Waals surface area contributed by atoms with Crippen molar-refractivity contribution in [2.45, 2.75) is 46.7 Å². The van der Waals surface area contributed by atoms with Crippen LogP contribution in [0.25, 0.3) is 22.3 Å². The molecule has 0 atom stereocenters. The Morgan fingerprint density at radius 3 is 2.20 bits per heavy atom. The molecule has 0 aliphatic carbocycles. The summed E-state index contributed by atoms with van der Waals surface area (Å²) in [5.41, 5.74) is 2.15. The van der Waals surface area contributed by atoms with E-state index in [1.807, 2.05) is 45.0 Å². The van der Waals surface area contributed by atoms with Crippen molar-refractivity contribution in [3.8, 4) is 17.0 Å². The van der Waals surface area contributed by atoms with Crippen LogP contribution in [0.3, 0.4) is 0 Å². The van der Waals surface area contributed by atoms with E-state index >= 15 is 0 Å². The minimum absolute atomic E-state index is 0.0508. The van der Waals surface area contributed by atoms with E-state index in [0.29, 0.717) is 30.7 Å². The maximum Gasteiger partial charge on any atom is 0.331 e. The largest absolute Gasteiger partial charge is 0.504 e. The van der Waals surface area contributed by atoms with Crippen LogP contribution in [0.1, 0.15) is 32.3 Å². The number of hydrogen-bond donors (Lipinski definition) is 2. The summed E-state index contributed by atoms with van der Waals surface area (Å²) in [5.74, 6) is -0.0508. The van der Waals surface area contributed by atoms with E-state index in [-0.39, 0.29) is 22.5 Å². The molecule has 1 aromatic carbocycles. The highest BCUT2D eigenvalue weighted by atomic mass is 16.3. The highest BCUT2D eigenvalue weighted by Crippen LogP contribution is 2.34. The first-order valence-corrected chi connectivity index (χ1v) is 8.64. The van der Waals surface area contributed by atoms with E-state index in [0.717, 1.165) is 17.5 Å². The van der Waals surface area contributed by atoms with Crippen molar-refractivity contribution in [3.63, 3.8) is 0 Å². The highest BCUT2D eigenvalue weighted by Gasteiger charge is 2.21. The normalized spacial score (nSPS) is 11.3. The molecule has 6 nitrogen and oxygen atoms in total. The molecule has 0 saturated heterocycles. The first-order chi connectivity index (χ1) is 12.0. The van der Waals surface area contributed by atoms with Gasteiger partial charge in [-0.1, -0.05) is 43.7 Å². The molecular weight excluding hydrogens is 318 g/mol. The number of aromatic hydroxyl groups is 1. The summed E-state index contributed by atoms with van der Waals surface area (Å²) in [6.07, 6.45) is 1.41. The Bertz CT molecular complexity index is 1020. The lowest BCUT2D eigenvalue weighted by Gasteiger charge is -2.10. The molecule has 132 valence electrons. The highest BCUT2D eigenvalue weighted by molar-refractivity contribution is 5.90. The lowest BCUT2D eigenvalue weighted by Crippen LogP contribution is -2.40. The number of nitrogens with one attached hydrogen (secondary N) is 1. The predicted octanol–water partition coefficient (Wildman–Crippen LogP) is 2.99. The average molecular weight is 341 g/mol. The van der Waals surface area contributed by atoms with Crippen LogP contribution in [-0.2, 0) is 13.1 Å². The van der Waals surface area contributed by atoms with Crippen LogP contribution in [-0.4, -0.2) is 19.2 Å². The van der Waals surface area contributed by atoms with Crippen LogP contribution < -0.4 is 11.2 Å². The second kappa shape index (κ2) is 6.63.